The van der Waals surface area contributed by atoms with E-state index in [9.17, 15) is 22.8 Å². The molecule has 0 radical (unpaired) electrons. The number of amides is 1. The molecule has 4 aromatic rings. The fraction of sp³-hybridized carbons (Fsp3) is 0.267. The number of rotatable bonds is 7. The van der Waals surface area contributed by atoms with Gasteiger partial charge in [0.15, 0.2) is 5.82 Å². The zero-order chi connectivity index (χ0) is 28.3. The number of benzene rings is 3. The molecule has 7 nitrogen and oxygen atoms in total. The quantitative estimate of drug-likeness (QED) is 0.262. The minimum absolute atomic E-state index is 0.0961. The molecule has 1 amide bonds. The van der Waals surface area contributed by atoms with Crippen molar-refractivity contribution < 1.29 is 27.5 Å². The number of carbonyl (C=O) groups is 2. The first-order valence-corrected chi connectivity index (χ1v) is 13.0. The topological polar surface area (TPSA) is 84.4 Å². The standard InChI is InChI=1S/C30H27F3N4O3/c1-2-17-40-29(39)25-9-6-16-37(25)28(38)20-10-13-22(14-11-20)34-27-26(19-7-4-3-5-8-19)35-23-15-12-21(30(31,32)33)18-24(23)36-27/h3-5,7-8,10-15,18,25H,2,6,9,16-17H2,1H3,(H,34,36). The van der Waals surface area contributed by atoms with Gasteiger partial charge in [0.1, 0.15) is 11.7 Å². The molecule has 1 aromatic heterocycles. The van der Waals surface area contributed by atoms with Gasteiger partial charge in [0.2, 0.25) is 0 Å². The summed E-state index contributed by atoms with van der Waals surface area (Å²) in [4.78, 5) is 36.3. The lowest BCUT2D eigenvalue weighted by molar-refractivity contribution is -0.148. The van der Waals surface area contributed by atoms with E-state index in [0.29, 0.717) is 48.5 Å². The van der Waals surface area contributed by atoms with Crippen molar-refractivity contribution in [3.8, 4) is 11.3 Å². The van der Waals surface area contributed by atoms with E-state index in [1.807, 2.05) is 37.3 Å². The number of anilines is 2. The van der Waals surface area contributed by atoms with Crippen LogP contribution in [0.2, 0.25) is 0 Å². The Kier molecular flexibility index (Phi) is 7.68. The van der Waals surface area contributed by atoms with Crippen molar-refractivity contribution in [1.29, 1.82) is 0 Å². The largest absolute Gasteiger partial charge is 0.464 e. The van der Waals surface area contributed by atoms with E-state index < -0.39 is 17.8 Å². The third kappa shape index (κ3) is 5.75. The van der Waals surface area contributed by atoms with Gasteiger partial charge >= 0.3 is 12.1 Å². The Hall–Kier alpha value is -4.47. The first kappa shape index (κ1) is 27.1. The SMILES string of the molecule is CCCOC(=O)C1CCCN1C(=O)c1ccc(Nc2nc3cc(C(F)(F)F)ccc3nc2-c2ccccc2)cc1. The number of nitrogens with one attached hydrogen (secondary N) is 1. The van der Waals surface area contributed by atoms with E-state index in [4.69, 9.17) is 4.74 Å². The van der Waals surface area contributed by atoms with Crippen LogP contribution in [0.25, 0.3) is 22.3 Å². The fourth-order valence-corrected chi connectivity index (χ4v) is 4.67. The Bertz CT molecular complexity index is 1530. The Labute approximate surface area is 229 Å². The van der Waals surface area contributed by atoms with Crippen LogP contribution in [0.15, 0.2) is 72.8 Å². The van der Waals surface area contributed by atoms with E-state index in [0.717, 1.165) is 24.1 Å². The van der Waals surface area contributed by atoms with Gasteiger partial charge in [-0.2, -0.15) is 13.2 Å². The fourth-order valence-electron chi connectivity index (χ4n) is 4.67. The van der Waals surface area contributed by atoms with Crippen molar-refractivity contribution in [3.05, 3.63) is 83.9 Å². The highest BCUT2D eigenvalue weighted by atomic mass is 19.4. The van der Waals surface area contributed by atoms with E-state index in [1.165, 1.54) is 6.07 Å². The molecule has 3 aromatic carbocycles. The predicted octanol–water partition coefficient (Wildman–Crippen LogP) is 6.62. The first-order valence-electron chi connectivity index (χ1n) is 13.0. The molecule has 5 rings (SSSR count). The van der Waals surface area contributed by atoms with Crippen LogP contribution in [-0.4, -0.2) is 45.9 Å². The number of hydrogen-bond acceptors (Lipinski definition) is 6. The van der Waals surface area contributed by atoms with Gasteiger partial charge in [0, 0.05) is 23.4 Å². The third-order valence-corrected chi connectivity index (χ3v) is 6.67. The van der Waals surface area contributed by atoms with Crippen molar-refractivity contribution >= 4 is 34.4 Å². The highest BCUT2D eigenvalue weighted by Crippen LogP contribution is 2.34. The van der Waals surface area contributed by atoms with Gasteiger partial charge in [0.25, 0.3) is 5.91 Å². The number of likely N-dealkylation sites (tertiary alicyclic amines) is 1. The molecular formula is C30H27F3N4O3. The molecule has 1 aliphatic heterocycles. The van der Waals surface area contributed by atoms with Gasteiger partial charge in [-0.25, -0.2) is 14.8 Å². The summed E-state index contributed by atoms with van der Waals surface area (Å²) in [6.45, 7) is 2.70. The van der Waals surface area contributed by atoms with Gasteiger partial charge in [-0.1, -0.05) is 37.3 Å². The van der Waals surface area contributed by atoms with E-state index in [2.05, 4.69) is 15.3 Å². The van der Waals surface area contributed by atoms with Gasteiger partial charge in [-0.15, -0.1) is 0 Å². The van der Waals surface area contributed by atoms with Crippen LogP contribution in [0.3, 0.4) is 0 Å². The summed E-state index contributed by atoms with van der Waals surface area (Å²) < 4.78 is 45.2. The lowest BCUT2D eigenvalue weighted by atomic mass is 10.1. The second kappa shape index (κ2) is 11.3. The minimum Gasteiger partial charge on any atom is -0.464 e. The number of ether oxygens (including phenoxy) is 1. The molecule has 2 heterocycles. The number of esters is 1. The molecule has 1 unspecified atom stereocenters. The summed E-state index contributed by atoms with van der Waals surface area (Å²) >= 11 is 0. The van der Waals surface area contributed by atoms with Gasteiger partial charge in [-0.05, 0) is 61.7 Å². The van der Waals surface area contributed by atoms with Crippen molar-refractivity contribution in [2.45, 2.75) is 38.4 Å². The number of aromatic nitrogens is 2. The molecule has 0 bridgehead atoms. The number of fused-ring (bicyclic) bond motifs is 1. The average molecular weight is 549 g/mol. The summed E-state index contributed by atoms with van der Waals surface area (Å²) in [7, 11) is 0. The zero-order valence-corrected chi connectivity index (χ0v) is 21.7. The first-order chi connectivity index (χ1) is 19.2. The van der Waals surface area contributed by atoms with Crippen LogP contribution < -0.4 is 5.32 Å². The summed E-state index contributed by atoms with van der Waals surface area (Å²) in [6, 6.07) is 18.5. The van der Waals surface area contributed by atoms with Crippen molar-refractivity contribution in [3.63, 3.8) is 0 Å². The average Bonchev–Trinajstić information content (AvgIpc) is 3.45. The second-order valence-corrected chi connectivity index (χ2v) is 9.51. The lowest BCUT2D eigenvalue weighted by Gasteiger charge is -2.23. The van der Waals surface area contributed by atoms with Crippen LogP contribution in [-0.2, 0) is 15.7 Å². The van der Waals surface area contributed by atoms with Crippen molar-refractivity contribution in [2.75, 3.05) is 18.5 Å². The third-order valence-electron chi connectivity index (χ3n) is 6.67. The molecule has 0 aliphatic carbocycles. The Morgan fingerprint density at radius 3 is 2.45 bits per heavy atom. The highest BCUT2D eigenvalue weighted by Gasteiger charge is 2.35. The zero-order valence-electron chi connectivity index (χ0n) is 21.7. The molecule has 40 heavy (non-hydrogen) atoms. The monoisotopic (exact) mass is 548 g/mol. The lowest BCUT2D eigenvalue weighted by Crippen LogP contribution is -2.41. The molecule has 206 valence electrons. The van der Waals surface area contributed by atoms with Crippen LogP contribution in [0.5, 0.6) is 0 Å². The Morgan fingerprint density at radius 1 is 1.00 bits per heavy atom. The Morgan fingerprint density at radius 2 is 1.75 bits per heavy atom. The van der Waals surface area contributed by atoms with Crippen LogP contribution >= 0.6 is 0 Å². The van der Waals surface area contributed by atoms with E-state index >= 15 is 0 Å². The summed E-state index contributed by atoms with van der Waals surface area (Å²) in [5, 5.41) is 3.15. The van der Waals surface area contributed by atoms with Gasteiger partial charge < -0.3 is 15.0 Å². The molecule has 0 spiro atoms. The van der Waals surface area contributed by atoms with E-state index in [1.54, 1.807) is 29.2 Å². The number of carbonyl (C=O) groups excluding carboxylic acids is 2. The molecule has 1 atom stereocenters. The van der Waals surface area contributed by atoms with Crippen molar-refractivity contribution in [1.82, 2.24) is 14.9 Å². The molecule has 10 heteroatoms. The number of alkyl halides is 3. The summed E-state index contributed by atoms with van der Waals surface area (Å²) in [5.41, 5.74) is 1.79. The van der Waals surface area contributed by atoms with Crippen LogP contribution in [0, 0.1) is 0 Å². The van der Waals surface area contributed by atoms with Crippen LogP contribution in [0.4, 0.5) is 24.7 Å². The molecule has 1 saturated heterocycles. The summed E-state index contributed by atoms with van der Waals surface area (Å²) in [6.07, 6.45) is -2.52. The maximum absolute atomic E-state index is 13.3. The minimum atomic E-state index is -4.51. The Balaban J connectivity index is 1.43. The van der Waals surface area contributed by atoms with Gasteiger partial charge in [-0.3, -0.25) is 4.79 Å². The molecule has 1 N–H and O–H groups in total. The second-order valence-electron chi connectivity index (χ2n) is 9.51. The molecule has 1 fully saturated rings. The number of nitrogens with zero attached hydrogens (tertiary/aromatic N) is 3. The molecule has 0 saturated carbocycles. The molecule has 1 aliphatic rings. The maximum atomic E-state index is 13.3. The van der Waals surface area contributed by atoms with Crippen molar-refractivity contribution in [2.24, 2.45) is 0 Å². The van der Waals surface area contributed by atoms with E-state index in [-0.39, 0.29) is 23.2 Å². The van der Waals surface area contributed by atoms with Gasteiger partial charge in [0.05, 0.1) is 23.2 Å². The smallest absolute Gasteiger partial charge is 0.416 e. The van der Waals surface area contributed by atoms with Crippen LogP contribution in [0.1, 0.15) is 42.1 Å². The number of hydrogen-bond donors (Lipinski definition) is 1. The predicted molar refractivity (Wildman–Crippen MR) is 145 cm³/mol. The summed E-state index contributed by atoms with van der Waals surface area (Å²) in [5.74, 6) is -0.379. The highest BCUT2D eigenvalue weighted by molar-refractivity contribution is 5.97. The maximum Gasteiger partial charge on any atom is 0.416 e. The molecular weight excluding hydrogens is 521 g/mol. The number of halogens is 3. The normalized spacial score (nSPS) is 15.3.